The molecule has 1 radical (unpaired) electrons. The van der Waals surface area contributed by atoms with Crippen LogP contribution in [-0.4, -0.2) is 247 Å². The van der Waals surface area contributed by atoms with Crippen molar-refractivity contribution in [2.24, 2.45) is 17.2 Å². The number of carboxylic acid groups (broad SMARTS) is 4. The summed E-state index contributed by atoms with van der Waals surface area (Å²) in [4.78, 5) is 167. The van der Waals surface area contributed by atoms with Gasteiger partial charge in [0.1, 0.15) is 24.2 Å². The number of Topliss-reactive ketones (excluding diaryl/α,β-unsaturated/α-hetero) is 1. The van der Waals surface area contributed by atoms with Gasteiger partial charge in [-0.2, -0.15) is 11.8 Å². The molecule has 6 atom stereocenters. The summed E-state index contributed by atoms with van der Waals surface area (Å²) in [6.45, 7) is -0.0871. The molecule has 0 aromatic rings. The molecule has 1 rings (SSSR count). The minimum atomic E-state index is -1.47. The largest absolute Gasteiger partial charge is 3.00 e. The zero-order valence-corrected chi connectivity index (χ0v) is 47.6. The van der Waals surface area contributed by atoms with Crippen LogP contribution < -0.4 is 64.4 Å². The Morgan fingerprint density at radius 2 is 0.759 bits per heavy atom. The number of carboxylic acids is 4. The number of thioether (sulfide) groups is 1. The number of primary amides is 3. The molecule has 0 spiro atoms. The number of nitrogens with zero attached hydrogens (tertiary/aromatic N) is 4. The number of rotatable bonds is 36. The number of nitrogens with one attached hydrogen (secondary N) is 6. The number of ketones is 1. The van der Waals surface area contributed by atoms with Gasteiger partial charge in [0.05, 0.1) is 36.5 Å². The van der Waals surface area contributed by atoms with Gasteiger partial charge in [0.25, 0.3) is 0 Å². The number of hydrogen-bond acceptors (Lipinski definition) is 24. The molecule has 30 nitrogen and oxygen atoms in total. The van der Waals surface area contributed by atoms with E-state index in [0.29, 0.717) is 0 Å². The van der Waals surface area contributed by atoms with Crippen LogP contribution in [0.15, 0.2) is 0 Å². The van der Waals surface area contributed by atoms with E-state index >= 15 is 0 Å². The summed E-state index contributed by atoms with van der Waals surface area (Å²) >= 11 is 1.24. The van der Waals surface area contributed by atoms with Crippen molar-refractivity contribution in [3.63, 3.8) is 0 Å². The fourth-order valence-electron chi connectivity index (χ4n) is 7.13. The van der Waals surface area contributed by atoms with Gasteiger partial charge in [-0.3, -0.25) is 67.5 Å². The number of amides is 8. The predicted molar refractivity (Wildman–Crippen MR) is 311 cm³/mol. The van der Waals surface area contributed by atoms with E-state index in [1.54, 1.807) is 11.2 Å². The Labute approximate surface area is 533 Å². The first kappa shape index (κ1) is 92.2. The Kier molecular flexibility index (Phi) is 56.4. The molecule has 0 aliphatic carbocycles. The first-order chi connectivity index (χ1) is 35.7. The fourth-order valence-corrected chi connectivity index (χ4v) is 10.1. The molecule has 1 aliphatic rings. The van der Waals surface area contributed by atoms with E-state index in [-0.39, 0.29) is 180 Å². The van der Waals surface area contributed by atoms with Crippen molar-refractivity contribution < 1.29 is 123 Å². The number of aliphatic carboxylic acids is 4. The van der Waals surface area contributed by atoms with E-state index in [1.165, 1.54) is 33.5 Å². The molecular formula is C49H94GdN13O17S3. The zero-order valence-electron chi connectivity index (χ0n) is 42.9. The van der Waals surface area contributed by atoms with E-state index in [2.05, 4.69) is 31.9 Å². The molecule has 1 saturated heterocycles. The average molecular weight is 1390 g/mol. The number of carbonyl (C=O) groups is 13. The SMILES string of the molecule is C.C.C.C.C.C.CNC(CCC(=O)O)C(=O)NC(CCC(=O)NC(CSC)C(N)=O)C(=O)NC(CCC(=O)NC(CSSCC(NC(=O)CN1CCN(CC(=O)[O-])CCN(CC(=O)[O-])CCN(CC(=O)[O-])CC1)C(N)=O)C(N)=O)C(C)=O.[Gd+3]. The molecule has 13 N–H and O–H groups in total. The Hall–Kier alpha value is -4.52. The summed E-state index contributed by atoms with van der Waals surface area (Å²) in [5.74, 6) is -12.7. The number of carbonyl (C=O) groups excluding carboxylic acids is 12. The van der Waals surface area contributed by atoms with Crippen LogP contribution in [0.3, 0.4) is 0 Å². The van der Waals surface area contributed by atoms with Crippen LogP contribution in [0, 0.1) is 39.9 Å². The van der Waals surface area contributed by atoms with Gasteiger partial charge in [0.15, 0.2) is 5.78 Å². The van der Waals surface area contributed by atoms with E-state index in [0.717, 1.165) is 28.5 Å². The molecule has 8 amide bonds. The van der Waals surface area contributed by atoms with Crippen LogP contribution in [0.25, 0.3) is 0 Å². The molecule has 6 unspecified atom stereocenters. The van der Waals surface area contributed by atoms with Gasteiger partial charge in [-0.15, -0.1) is 0 Å². The minimum Gasteiger partial charge on any atom is -0.549 e. The summed E-state index contributed by atoms with van der Waals surface area (Å²) in [6, 6.07) is -7.46. The van der Waals surface area contributed by atoms with Gasteiger partial charge in [-0.1, -0.05) is 66.1 Å². The smallest absolute Gasteiger partial charge is 0.549 e. The molecule has 1 heterocycles. The van der Waals surface area contributed by atoms with Gasteiger partial charge in [-0.25, -0.2) is 0 Å². The van der Waals surface area contributed by atoms with Crippen molar-refractivity contribution in [1.29, 1.82) is 0 Å². The van der Waals surface area contributed by atoms with Crippen molar-refractivity contribution in [1.82, 2.24) is 51.5 Å². The van der Waals surface area contributed by atoms with Gasteiger partial charge in [-0.05, 0) is 39.5 Å². The van der Waals surface area contributed by atoms with Crippen LogP contribution in [0.2, 0.25) is 0 Å². The average Bonchev–Trinajstić information content (AvgIpc) is 3.31. The predicted octanol–water partition coefficient (Wildman–Crippen LogP) is -6.50. The standard InChI is InChI=1S/C43H73N13O17S3.6CH4.Gd/c1-25(57)26(51-43(73)28(52-42(72)27(47-2)6-9-35(61)62)5-8-33(59)48-29(22-74-3)39(44)69)4-7-32(58)49-30(40(45)70)23-75-76-24-31(41(46)71)50-34(60)18-53-10-12-54(19-36(63)64)14-16-56(21-38(67)68)17-15-55(13-11-53)20-37(65)66;;;;;;;/h26-31,47H,4-24H2,1-3H3,(H2,44,69)(H2,45,70)(H2,46,71)(H,48,59)(H,49,58)(H,50,60)(H,51,73)(H,52,72)(H,61,62)(H,63,64)(H,65,66)(H,67,68);6*1H4;/q;;;;;;;+3/p-3. The summed E-state index contributed by atoms with van der Waals surface area (Å²) in [5, 5.41) is 58.4. The van der Waals surface area contributed by atoms with Gasteiger partial charge < -0.3 is 83.9 Å². The van der Waals surface area contributed by atoms with Gasteiger partial charge in [0, 0.05) is 109 Å². The molecule has 0 aromatic carbocycles. The first-order valence-corrected chi connectivity index (χ1v) is 27.6. The van der Waals surface area contributed by atoms with Gasteiger partial charge >= 0.3 is 45.9 Å². The number of hydrogen-bond donors (Lipinski definition) is 10. The summed E-state index contributed by atoms with van der Waals surface area (Å²) < 4.78 is 0. The Balaban J connectivity index is -0.00000165. The second-order valence-corrected chi connectivity index (χ2v) is 20.9. The maximum absolute atomic E-state index is 13.6. The second-order valence-electron chi connectivity index (χ2n) is 17.4. The van der Waals surface area contributed by atoms with Crippen LogP contribution in [0.1, 0.15) is 90.0 Å². The van der Waals surface area contributed by atoms with Crippen molar-refractivity contribution in [2.45, 2.75) is 126 Å². The topological polar surface area (TPSA) is 475 Å². The number of nitrogens with two attached hydrogens (primary N) is 3. The molecule has 83 heavy (non-hydrogen) atoms. The van der Waals surface area contributed by atoms with Crippen molar-refractivity contribution >= 4 is 110 Å². The van der Waals surface area contributed by atoms with E-state index in [4.69, 9.17) is 22.3 Å². The molecule has 0 bridgehead atoms. The molecule has 1 aliphatic heterocycles. The van der Waals surface area contributed by atoms with Gasteiger partial charge in [0.2, 0.25) is 47.3 Å². The van der Waals surface area contributed by atoms with E-state index in [9.17, 15) is 77.6 Å². The fraction of sp³-hybridized carbons (Fsp3) is 0.735. The normalized spacial score (nSPS) is 15.2. The summed E-state index contributed by atoms with van der Waals surface area (Å²) in [6.07, 6.45) is -0.391. The molecule has 34 heteroatoms. The van der Waals surface area contributed by atoms with Crippen LogP contribution in [0.4, 0.5) is 0 Å². The third-order valence-corrected chi connectivity index (χ3v) is 14.4. The molecule has 1 fully saturated rings. The third-order valence-electron chi connectivity index (χ3n) is 11.3. The second kappa shape index (κ2) is 50.8. The first-order valence-electron chi connectivity index (χ1n) is 23.7. The molecule has 0 saturated carbocycles. The molecule has 483 valence electrons. The Bertz CT molecular complexity index is 2010. The minimum absolute atomic E-state index is 0. The molecule has 0 aromatic heterocycles. The Morgan fingerprint density at radius 3 is 1.07 bits per heavy atom. The van der Waals surface area contributed by atoms with Crippen LogP contribution >= 0.6 is 33.3 Å². The maximum atomic E-state index is 13.6. The van der Waals surface area contributed by atoms with Crippen molar-refractivity contribution in [2.75, 3.05) is 109 Å². The van der Waals surface area contributed by atoms with Crippen molar-refractivity contribution in [3.8, 4) is 0 Å². The summed E-state index contributed by atoms with van der Waals surface area (Å²) in [7, 11) is 3.35. The zero-order chi connectivity index (χ0) is 57.5. The van der Waals surface area contributed by atoms with E-state index < -0.39 is 152 Å². The van der Waals surface area contributed by atoms with Crippen LogP contribution in [-0.2, 0) is 62.3 Å². The van der Waals surface area contributed by atoms with Crippen molar-refractivity contribution in [3.05, 3.63) is 0 Å². The monoisotopic (exact) mass is 1390 g/mol. The Morgan fingerprint density at radius 1 is 0.458 bits per heavy atom. The maximum Gasteiger partial charge on any atom is 3.00 e. The van der Waals surface area contributed by atoms with Crippen LogP contribution in [0.5, 0.6) is 0 Å². The van der Waals surface area contributed by atoms with E-state index in [1.807, 2.05) is 0 Å². The summed E-state index contributed by atoms with van der Waals surface area (Å²) in [5.41, 5.74) is 16.5. The third kappa shape index (κ3) is 42.0. The molecular weight excluding hydrogens is 1300 g/mol. The quantitative estimate of drug-likeness (QED) is 0.0206. The number of likely N-dealkylation sites (N-methyl/N-ethyl adjacent to an activating group) is 1.